The van der Waals surface area contributed by atoms with Gasteiger partial charge in [0.05, 0.1) is 37.6 Å². The third-order valence-corrected chi connectivity index (χ3v) is 16.2. The molecule has 0 bridgehead atoms. The molecular formula is C28H66F2O6Si2. The fraction of sp³-hybridized carbons (Fsp3) is 1.00. The number of aliphatic hydroxyl groups is 4. The highest BCUT2D eigenvalue weighted by Gasteiger charge is 2.39. The maximum absolute atomic E-state index is 12.3. The molecule has 4 N–H and O–H groups in total. The molecule has 6 nitrogen and oxygen atoms in total. The van der Waals surface area contributed by atoms with Crippen LogP contribution < -0.4 is 0 Å². The second kappa shape index (κ2) is 22.7. The smallest absolute Gasteiger partial charge is 0.192 e. The van der Waals surface area contributed by atoms with Crippen LogP contribution in [0.3, 0.4) is 0 Å². The Bertz CT molecular complexity index is 464. The average Bonchev–Trinajstić information content (AvgIpc) is 2.84. The van der Waals surface area contributed by atoms with Crippen molar-refractivity contribution in [2.45, 2.75) is 156 Å². The van der Waals surface area contributed by atoms with Crippen molar-refractivity contribution in [2.75, 3.05) is 26.6 Å². The minimum atomic E-state index is -1.91. The van der Waals surface area contributed by atoms with Crippen molar-refractivity contribution in [1.29, 1.82) is 0 Å². The van der Waals surface area contributed by atoms with Gasteiger partial charge in [0.1, 0.15) is 13.3 Å². The predicted octanol–water partition coefficient (Wildman–Crippen LogP) is 7.01. The van der Waals surface area contributed by atoms with Crippen LogP contribution in [0.4, 0.5) is 8.78 Å². The zero-order valence-corrected chi connectivity index (χ0v) is 29.3. The van der Waals surface area contributed by atoms with Gasteiger partial charge in [-0.2, -0.15) is 0 Å². The summed E-state index contributed by atoms with van der Waals surface area (Å²) in [5.41, 5.74) is 0. The Morgan fingerprint density at radius 1 is 0.579 bits per heavy atom. The number of alkyl halides is 2. The highest BCUT2D eigenvalue weighted by atomic mass is 28.4. The SMILES string of the molecule is CC(C)(C)[Si](C)(C)O[C@@H](CO)CF.CCC(O)CC.CC[C@@H](O)CF.CC[C@H](CO)O[Si](C)(C)C(C)(C)C. The summed E-state index contributed by atoms with van der Waals surface area (Å²) in [6.07, 6.45) is 1.77. The molecule has 0 saturated heterocycles. The number of halogens is 2. The average molecular weight is 593 g/mol. The lowest BCUT2D eigenvalue weighted by Gasteiger charge is -2.38. The van der Waals surface area contributed by atoms with Gasteiger partial charge in [-0.25, -0.2) is 8.78 Å². The first-order valence-electron chi connectivity index (χ1n) is 14.2. The van der Waals surface area contributed by atoms with Crippen LogP contribution in [0.2, 0.25) is 36.3 Å². The van der Waals surface area contributed by atoms with Crippen molar-refractivity contribution in [2.24, 2.45) is 0 Å². The van der Waals surface area contributed by atoms with Crippen LogP contribution in [0.5, 0.6) is 0 Å². The number of aliphatic hydroxyl groups excluding tert-OH is 4. The maximum Gasteiger partial charge on any atom is 0.192 e. The van der Waals surface area contributed by atoms with Crippen LogP contribution >= 0.6 is 0 Å². The number of rotatable bonds is 12. The third-order valence-electron chi connectivity index (χ3n) is 7.16. The summed E-state index contributed by atoms with van der Waals surface area (Å²) in [4.78, 5) is 0. The first-order chi connectivity index (χ1) is 17.1. The van der Waals surface area contributed by atoms with Gasteiger partial charge in [-0.3, -0.25) is 0 Å². The third kappa shape index (κ3) is 22.8. The van der Waals surface area contributed by atoms with E-state index in [1.165, 1.54) is 0 Å². The van der Waals surface area contributed by atoms with Crippen LogP contribution in [0.15, 0.2) is 0 Å². The monoisotopic (exact) mass is 592 g/mol. The molecule has 0 saturated carbocycles. The summed E-state index contributed by atoms with van der Waals surface area (Å²) < 4.78 is 35.1. The van der Waals surface area contributed by atoms with Gasteiger partial charge in [0.15, 0.2) is 16.6 Å². The van der Waals surface area contributed by atoms with Gasteiger partial charge in [-0.1, -0.05) is 69.2 Å². The van der Waals surface area contributed by atoms with E-state index in [1.807, 2.05) is 33.9 Å². The normalized spacial score (nSPS) is 14.8. The van der Waals surface area contributed by atoms with Crippen LogP contribution in [-0.4, -0.2) is 88.0 Å². The van der Waals surface area contributed by atoms with Crippen molar-refractivity contribution in [3.63, 3.8) is 0 Å². The van der Waals surface area contributed by atoms with Crippen LogP contribution in [0, 0.1) is 0 Å². The molecule has 0 spiro atoms. The molecule has 0 aromatic heterocycles. The largest absolute Gasteiger partial charge is 0.412 e. The second-order valence-corrected chi connectivity index (χ2v) is 22.1. The Labute approximate surface area is 236 Å². The van der Waals surface area contributed by atoms with E-state index in [0.717, 1.165) is 19.3 Å². The van der Waals surface area contributed by atoms with Crippen LogP contribution in [-0.2, 0) is 8.85 Å². The highest BCUT2D eigenvalue weighted by molar-refractivity contribution is 6.74. The lowest BCUT2D eigenvalue weighted by atomic mass is 10.2. The fourth-order valence-electron chi connectivity index (χ4n) is 1.95. The molecule has 0 fully saturated rings. The van der Waals surface area contributed by atoms with Crippen LogP contribution in [0.1, 0.15) is 94.9 Å². The standard InChI is InChI=1S/C10H24O2Si.C9H21FO2Si.C5H12O.C4H9FO/c1-7-9(8-11)12-13(5,6)10(2,3)4;1-9(2,3)13(4,5)12-8(6-10)7-11;1-3-5(6)4-2;1-2-4(6)3-5/h9,11H,7-8H2,1-6H3;8,11H,6-7H2,1-5H3;5-6H,3-4H2,1-2H3;4,6H,2-3H2,1H3/t9-;8-;;4-/m11.1/s1. The molecular weight excluding hydrogens is 526 g/mol. The predicted molar refractivity (Wildman–Crippen MR) is 163 cm³/mol. The van der Waals surface area contributed by atoms with E-state index in [9.17, 15) is 8.78 Å². The molecule has 3 atom stereocenters. The maximum atomic E-state index is 12.3. The zero-order valence-electron chi connectivity index (χ0n) is 27.3. The molecule has 0 amide bonds. The molecule has 0 unspecified atom stereocenters. The van der Waals surface area contributed by atoms with Gasteiger partial charge in [-0.15, -0.1) is 0 Å². The number of hydrogen-bond donors (Lipinski definition) is 4. The van der Waals surface area contributed by atoms with Crippen molar-refractivity contribution in [3.8, 4) is 0 Å². The molecule has 0 aliphatic rings. The van der Waals surface area contributed by atoms with Gasteiger partial charge < -0.3 is 29.3 Å². The van der Waals surface area contributed by atoms with E-state index in [0.29, 0.717) is 6.42 Å². The molecule has 236 valence electrons. The van der Waals surface area contributed by atoms with E-state index >= 15 is 0 Å². The Kier molecular flexibility index (Phi) is 26.9. The lowest BCUT2D eigenvalue weighted by molar-refractivity contribution is 0.0815. The highest BCUT2D eigenvalue weighted by Crippen LogP contribution is 2.38. The molecule has 0 heterocycles. The topological polar surface area (TPSA) is 99.4 Å². The first-order valence-corrected chi connectivity index (χ1v) is 20.0. The van der Waals surface area contributed by atoms with Gasteiger partial charge >= 0.3 is 0 Å². The second-order valence-electron chi connectivity index (χ2n) is 12.6. The van der Waals surface area contributed by atoms with E-state index < -0.39 is 42.2 Å². The Morgan fingerprint density at radius 3 is 1.03 bits per heavy atom. The summed E-state index contributed by atoms with van der Waals surface area (Å²) in [6, 6.07) is 0. The van der Waals surface area contributed by atoms with E-state index in [4.69, 9.17) is 29.3 Å². The van der Waals surface area contributed by atoms with Crippen molar-refractivity contribution >= 4 is 16.6 Å². The van der Waals surface area contributed by atoms with Crippen molar-refractivity contribution < 1.29 is 38.1 Å². The summed E-state index contributed by atoms with van der Waals surface area (Å²) in [5, 5.41) is 35.1. The molecule has 38 heavy (non-hydrogen) atoms. The molecule has 0 radical (unpaired) electrons. The summed E-state index contributed by atoms with van der Waals surface area (Å²) in [7, 11) is -3.58. The zero-order chi connectivity index (χ0) is 31.4. The summed E-state index contributed by atoms with van der Waals surface area (Å²) >= 11 is 0. The van der Waals surface area contributed by atoms with E-state index in [1.54, 1.807) is 6.92 Å². The van der Waals surface area contributed by atoms with Gasteiger partial charge in [0.2, 0.25) is 0 Å². The molecule has 10 heteroatoms. The fourth-order valence-corrected chi connectivity index (χ4v) is 4.70. The quantitative estimate of drug-likeness (QED) is 0.182. The Morgan fingerprint density at radius 2 is 0.895 bits per heavy atom. The Balaban J connectivity index is -0.000000216. The van der Waals surface area contributed by atoms with Crippen molar-refractivity contribution in [3.05, 3.63) is 0 Å². The summed E-state index contributed by atoms with van der Waals surface area (Å²) in [5.74, 6) is 0. The Hall–Kier alpha value is 0.0538. The molecule has 0 aromatic rings. The van der Waals surface area contributed by atoms with E-state index in [2.05, 4.69) is 54.6 Å². The number of hydrogen-bond acceptors (Lipinski definition) is 6. The summed E-state index contributed by atoms with van der Waals surface area (Å²) in [6.45, 7) is 27.9. The van der Waals surface area contributed by atoms with Gasteiger partial charge in [0.25, 0.3) is 0 Å². The molecule has 0 aliphatic carbocycles. The minimum Gasteiger partial charge on any atom is -0.412 e. The van der Waals surface area contributed by atoms with Gasteiger partial charge in [0, 0.05) is 0 Å². The molecule has 0 rings (SSSR count). The van der Waals surface area contributed by atoms with Crippen LogP contribution in [0.25, 0.3) is 0 Å². The van der Waals surface area contributed by atoms with Gasteiger partial charge in [-0.05, 0) is 61.9 Å². The molecule has 0 aliphatic heterocycles. The van der Waals surface area contributed by atoms with E-state index in [-0.39, 0.29) is 35.5 Å². The molecule has 0 aromatic carbocycles. The van der Waals surface area contributed by atoms with Crippen molar-refractivity contribution in [1.82, 2.24) is 0 Å². The lowest BCUT2D eigenvalue weighted by Crippen LogP contribution is -2.45. The minimum absolute atomic E-state index is 0.0286. The first kappa shape index (κ1) is 45.1.